The zero-order chi connectivity index (χ0) is 30.6. The molecule has 6 heterocycles. The summed E-state index contributed by atoms with van der Waals surface area (Å²) < 4.78 is 12.1. The summed E-state index contributed by atoms with van der Waals surface area (Å²) in [6.07, 6.45) is 4.75. The van der Waals surface area contributed by atoms with Gasteiger partial charge in [-0.3, -0.25) is 4.90 Å². The number of carbonyl (C=O) groups is 1. The fraction of sp³-hybridized carbons (Fsp3) is 0.594. The molecule has 0 N–H and O–H groups in total. The number of hydrogen-bond donors (Lipinski definition) is 0. The van der Waals surface area contributed by atoms with E-state index in [9.17, 15) is 4.79 Å². The summed E-state index contributed by atoms with van der Waals surface area (Å²) in [6.45, 7) is 10.1. The molecule has 3 aromatic rings. The van der Waals surface area contributed by atoms with Crippen LogP contribution in [0.5, 0.6) is 6.01 Å². The van der Waals surface area contributed by atoms with Crippen molar-refractivity contribution in [3.63, 3.8) is 0 Å². The molecule has 1 amide bonds. The Hall–Kier alpha value is -3.44. The average molecular weight is 621 g/mol. The Kier molecular flexibility index (Phi) is 7.64. The summed E-state index contributed by atoms with van der Waals surface area (Å²) >= 11 is 6.37. The van der Waals surface area contributed by atoms with Gasteiger partial charge in [-0.25, -0.2) is 9.78 Å². The van der Waals surface area contributed by atoms with Crippen LogP contribution in [0, 0.1) is 0 Å². The molecule has 7 rings (SSSR count). The van der Waals surface area contributed by atoms with E-state index in [1.54, 1.807) is 0 Å². The third-order valence-corrected chi connectivity index (χ3v) is 9.51. The molecule has 0 unspecified atom stereocenters. The molecule has 3 atom stereocenters. The van der Waals surface area contributed by atoms with Crippen LogP contribution in [0.1, 0.15) is 57.7 Å². The summed E-state index contributed by atoms with van der Waals surface area (Å²) in [6, 6.07) is 8.89. The van der Waals surface area contributed by atoms with Crippen molar-refractivity contribution < 1.29 is 14.3 Å². The Morgan fingerprint density at radius 2 is 1.75 bits per heavy atom. The zero-order valence-electron chi connectivity index (χ0n) is 26.0. The maximum atomic E-state index is 13.1. The number of nitrogens with zero attached hydrogens (tertiary/aromatic N) is 8. The van der Waals surface area contributed by atoms with Crippen molar-refractivity contribution >= 4 is 40.2 Å². The first-order chi connectivity index (χ1) is 21.1. The van der Waals surface area contributed by atoms with Gasteiger partial charge in [-0.05, 0) is 90.2 Å². The third-order valence-electron chi connectivity index (χ3n) is 9.34. The van der Waals surface area contributed by atoms with Crippen molar-refractivity contribution in [2.45, 2.75) is 83.1 Å². The molecule has 4 aliphatic rings. The van der Waals surface area contributed by atoms with E-state index in [2.05, 4.69) is 31.7 Å². The summed E-state index contributed by atoms with van der Waals surface area (Å²) in [7, 11) is 2.15. The van der Waals surface area contributed by atoms with Gasteiger partial charge in [0.15, 0.2) is 0 Å². The van der Waals surface area contributed by atoms with Gasteiger partial charge in [-0.15, -0.1) is 0 Å². The van der Waals surface area contributed by atoms with E-state index >= 15 is 0 Å². The molecule has 3 fully saturated rings. The Morgan fingerprint density at radius 1 is 0.977 bits per heavy atom. The monoisotopic (exact) mass is 620 g/mol. The smallest absolute Gasteiger partial charge is 0.410 e. The van der Waals surface area contributed by atoms with Gasteiger partial charge in [0, 0.05) is 36.6 Å². The number of aromatic nitrogens is 4. The first-order valence-corrected chi connectivity index (χ1v) is 16.2. The normalized spacial score (nSPS) is 23.8. The Morgan fingerprint density at radius 3 is 2.48 bits per heavy atom. The SMILES string of the molecule is CN1CCC[C@H]1COc1nc2c(c(N3C[C@H]4CC[C@@H](C3)N4C(=O)OC(C)(C)C)n1)CCN(c1nc(Cl)nc3ccccc13)C2. The van der Waals surface area contributed by atoms with Crippen molar-refractivity contribution in [2.24, 2.45) is 0 Å². The number of likely N-dealkylation sites (tertiary alicyclic amines) is 1. The Bertz CT molecular complexity index is 1550. The topological polar surface area (TPSA) is 100 Å². The third kappa shape index (κ3) is 5.72. The second kappa shape index (κ2) is 11.5. The predicted octanol–water partition coefficient (Wildman–Crippen LogP) is 4.70. The first kappa shape index (κ1) is 29.3. The van der Waals surface area contributed by atoms with Crippen LogP contribution in [0.25, 0.3) is 10.9 Å². The van der Waals surface area contributed by atoms with E-state index in [1.807, 2.05) is 49.9 Å². The molecule has 2 aromatic heterocycles. The standard InChI is InChI=1S/C32H41ClN8O3/c1-32(2,3)44-31(42)41-20-11-12-21(41)17-40(16-20)28-24-13-15-39(27-23-9-5-6-10-25(23)34-29(33)36-27)18-26(24)35-30(37-28)43-19-22-8-7-14-38(22)4/h5-6,9-10,20-22H,7-8,11-19H2,1-4H3/t20-,21+,22-/m0/s1. The molecule has 0 aliphatic carbocycles. The fourth-order valence-electron chi connectivity index (χ4n) is 7.22. The minimum Gasteiger partial charge on any atom is -0.462 e. The number of amides is 1. The van der Waals surface area contributed by atoms with Gasteiger partial charge in [0.1, 0.15) is 23.8 Å². The van der Waals surface area contributed by atoms with Crippen LogP contribution in [-0.4, -0.2) is 99.4 Å². The zero-order valence-corrected chi connectivity index (χ0v) is 26.8. The lowest BCUT2D eigenvalue weighted by atomic mass is 10.0. The number of hydrogen-bond acceptors (Lipinski definition) is 10. The maximum Gasteiger partial charge on any atom is 0.410 e. The summed E-state index contributed by atoms with van der Waals surface area (Å²) in [5, 5.41) is 1.20. The van der Waals surface area contributed by atoms with Crippen LogP contribution < -0.4 is 14.5 Å². The van der Waals surface area contributed by atoms with Crippen molar-refractivity contribution in [1.82, 2.24) is 29.7 Å². The number of fused-ring (bicyclic) bond motifs is 4. The highest BCUT2D eigenvalue weighted by Gasteiger charge is 2.45. The molecule has 0 radical (unpaired) electrons. The van der Waals surface area contributed by atoms with E-state index in [-0.39, 0.29) is 23.5 Å². The number of halogens is 1. The molecule has 44 heavy (non-hydrogen) atoms. The van der Waals surface area contributed by atoms with E-state index in [1.165, 1.54) is 6.42 Å². The number of anilines is 2. The molecule has 12 heteroatoms. The predicted molar refractivity (Wildman–Crippen MR) is 170 cm³/mol. The number of ether oxygens (including phenoxy) is 2. The Balaban J connectivity index is 1.19. The van der Waals surface area contributed by atoms with Gasteiger partial charge < -0.3 is 24.2 Å². The molecule has 1 aromatic carbocycles. The van der Waals surface area contributed by atoms with Crippen LogP contribution in [0.3, 0.4) is 0 Å². The van der Waals surface area contributed by atoms with Crippen molar-refractivity contribution in [3.05, 3.63) is 40.8 Å². The van der Waals surface area contributed by atoms with Gasteiger partial charge in [-0.1, -0.05) is 12.1 Å². The molecule has 4 aliphatic heterocycles. The number of likely N-dealkylation sites (N-methyl/N-ethyl adjacent to an activating group) is 1. The molecule has 2 bridgehead atoms. The van der Waals surface area contributed by atoms with Crippen LogP contribution in [-0.2, 0) is 17.7 Å². The lowest BCUT2D eigenvalue weighted by Crippen LogP contribution is -2.57. The molecule has 11 nitrogen and oxygen atoms in total. The second-order valence-electron chi connectivity index (χ2n) is 13.5. The van der Waals surface area contributed by atoms with E-state index in [0.717, 1.165) is 72.6 Å². The highest BCUT2D eigenvalue weighted by molar-refractivity contribution is 6.28. The van der Waals surface area contributed by atoms with Crippen LogP contribution >= 0.6 is 11.6 Å². The number of benzene rings is 1. The van der Waals surface area contributed by atoms with E-state index < -0.39 is 5.60 Å². The summed E-state index contributed by atoms with van der Waals surface area (Å²) in [5.41, 5.74) is 2.38. The van der Waals surface area contributed by atoms with Gasteiger partial charge in [0.2, 0.25) is 5.28 Å². The molecular formula is C32H41ClN8O3. The largest absolute Gasteiger partial charge is 0.462 e. The first-order valence-electron chi connectivity index (χ1n) is 15.8. The molecule has 0 saturated carbocycles. The van der Waals surface area contributed by atoms with Gasteiger partial charge in [-0.2, -0.15) is 15.0 Å². The molecule has 234 valence electrons. The van der Waals surface area contributed by atoms with Crippen molar-refractivity contribution in [3.8, 4) is 6.01 Å². The Labute approximate surface area is 263 Å². The van der Waals surface area contributed by atoms with Gasteiger partial charge >= 0.3 is 12.1 Å². The van der Waals surface area contributed by atoms with Gasteiger partial charge in [0.25, 0.3) is 0 Å². The lowest BCUT2D eigenvalue weighted by molar-refractivity contribution is 0.0122. The number of rotatable bonds is 5. The van der Waals surface area contributed by atoms with Crippen molar-refractivity contribution in [1.29, 1.82) is 0 Å². The minimum atomic E-state index is -0.524. The van der Waals surface area contributed by atoms with E-state index in [0.29, 0.717) is 38.3 Å². The highest BCUT2D eigenvalue weighted by Crippen LogP contribution is 2.38. The van der Waals surface area contributed by atoms with Gasteiger partial charge in [0.05, 0.1) is 29.8 Å². The van der Waals surface area contributed by atoms with Crippen molar-refractivity contribution in [2.75, 3.05) is 49.6 Å². The van der Waals surface area contributed by atoms with Crippen LogP contribution in [0.15, 0.2) is 24.3 Å². The second-order valence-corrected chi connectivity index (χ2v) is 13.9. The lowest BCUT2D eigenvalue weighted by Gasteiger charge is -2.43. The summed E-state index contributed by atoms with van der Waals surface area (Å²) in [4.78, 5) is 41.2. The van der Waals surface area contributed by atoms with Crippen LogP contribution in [0.4, 0.5) is 16.4 Å². The van der Waals surface area contributed by atoms with Crippen LogP contribution in [0.2, 0.25) is 5.28 Å². The highest BCUT2D eigenvalue weighted by atomic mass is 35.5. The molecule has 3 saturated heterocycles. The fourth-order valence-corrected chi connectivity index (χ4v) is 7.39. The number of carbonyl (C=O) groups excluding carboxylic acids is 1. The maximum absolute atomic E-state index is 13.1. The minimum absolute atomic E-state index is 0.0836. The van der Waals surface area contributed by atoms with E-state index in [4.69, 9.17) is 31.0 Å². The number of para-hydroxylation sites is 1. The number of piperazine rings is 1. The average Bonchev–Trinajstić information content (AvgIpc) is 3.52. The quantitative estimate of drug-likeness (QED) is 0.373. The summed E-state index contributed by atoms with van der Waals surface area (Å²) in [5.74, 6) is 1.74. The molecule has 0 spiro atoms. The molecular weight excluding hydrogens is 580 g/mol.